The number of amides is 1. The van der Waals surface area contributed by atoms with E-state index in [9.17, 15) is 4.79 Å². The Hall–Kier alpha value is -2.21. The van der Waals surface area contributed by atoms with Gasteiger partial charge >= 0.3 is 0 Å². The van der Waals surface area contributed by atoms with Gasteiger partial charge in [0.1, 0.15) is 0 Å². The predicted octanol–water partition coefficient (Wildman–Crippen LogP) is 2.13. The van der Waals surface area contributed by atoms with E-state index in [4.69, 9.17) is 9.26 Å². The normalized spacial score (nSPS) is 15.5. The molecular formula is C17H21N3O3. The van der Waals surface area contributed by atoms with Crippen LogP contribution < -0.4 is 5.32 Å². The van der Waals surface area contributed by atoms with Crippen LogP contribution >= 0.6 is 0 Å². The second kappa shape index (κ2) is 7.37. The van der Waals surface area contributed by atoms with Crippen LogP contribution in [0.25, 0.3) is 0 Å². The molecule has 0 bridgehead atoms. The van der Waals surface area contributed by atoms with Crippen LogP contribution in [-0.2, 0) is 22.5 Å². The fraction of sp³-hybridized carbons (Fsp3) is 0.471. The molecule has 23 heavy (non-hydrogen) atoms. The minimum Gasteiger partial charge on any atom is -0.381 e. The molecule has 1 aliphatic rings. The lowest BCUT2D eigenvalue weighted by atomic mass is 10.00. The Morgan fingerprint density at radius 2 is 2.09 bits per heavy atom. The number of nitrogens with zero attached hydrogens (tertiary/aromatic N) is 2. The van der Waals surface area contributed by atoms with E-state index >= 15 is 0 Å². The monoisotopic (exact) mass is 315 g/mol. The highest BCUT2D eigenvalue weighted by Gasteiger charge is 2.21. The highest BCUT2D eigenvalue weighted by molar-refractivity contribution is 5.78. The zero-order valence-corrected chi connectivity index (χ0v) is 13.2. The lowest BCUT2D eigenvalue weighted by Gasteiger charge is -2.18. The Morgan fingerprint density at radius 1 is 1.30 bits per heavy atom. The van der Waals surface area contributed by atoms with Crippen molar-refractivity contribution in [1.82, 2.24) is 15.5 Å². The molecule has 122 valence electrons. The van der Waals surface area contributed by atoms with Gasteiger partial charge in [0.05, 0.1) is 13.0 Å². The molecule has 0 spiro atoms. The molecule has 1 fully saturated rings. The summed E-state index contributed by atoms with van der Waals surface area (Å²) in [7, 11) is 0. The van der Waals surface area contributed by atoms with Gasteiger partial charge in [-0.15, -0.1) is 0 Å². The first-order valence-electron chi connectivity index (χ1n) is 7.94. The summed E-state index contributed by atoms with van der Waals surface area (Å²) in [6.07, 6.45) is 2.19. The Balaban J connectivity index is 1.51. The first kappa shape index (κ1) is 15.7. The number of hydrogen-bond acceptors (Lipinski definition) is 5. The first-order valence-corrected chi connectivity index (χ1v) is 7.94. The van der Waals surface area contributed by atoms with Crippen LogP contribution in [0, 0.1) is 6.92 Å². The number of rotatable bonds is 5. The van der Waals surface area contributed by atoms with E-state index in [0.717, 1.165) is 43.0 Å². The van der Waals surface area contributed by atoms with Gasteiger partial charge in [-0.2, -0.15) is 4.98 Å². The van der Waals surface area contributed by atoms with Gasteiger partial charge in [-0.05, 0) is 30.9 Å². The standard InChI is InChI=1S/C17H21N3O3/c1-12-4-2-3-5-14(12)10-15(21)18-11-16-19-17(20-23-16)13-6-8-22-9-7-13/h2-5,13H,6-11H2,1H3,(H,18,21). The van der Waals surface area contributed by atoms with Gasteiger partial charge in [0.15, 0.2) is 5.82 Å². The molecule has 1 saturated heterocycles. The SMILES string of the molecule is Cc1ccccc1CC(=O)NCc1nc(C2CCOCC2)no1. The van der Waals surface area contributed by atoms with E-state index in [-0.39, 0.29) is 12.5 Å². The third-order valence-corrected chi connectivity index (χ3v) is 4.12. The van der Waals surface area contributed by atoms with Gasteiger partial charge in [-0.3, -0.25) is 4.79 Å². The number of ether oxygens (including phenoxy) is 1. The van der Waals surface area contributed by atoms with Crippen molar-refractivity contribution in [3.8, 4) is 0 Å². The van der Waals surface area contributed by atoms with Crippen LogP contribution in [0.4, 0.5) is 0 Å². The lowest BCUT2D eigenvalue weighted by molar-refractivity contribution is -0.120. The average Bonchev–Trinajstić information content (AvgIpc) is 3.05. The second-order valence-electron chi connectivity index (χ2n) is 5.81. The van der Waals surface area contributed by atoms with E-state index in [1.54, 1.807) is 0 Å². The van der Waals surface area contributed by atoms with Crippen LogP contribution in [-0.4, -0.2) is 29.3 Å². The van der Waals surface area contributed by atoms with Crippen molar-refractivity contribution in [2.45, 2.75) is 38.6 Å². The Kier molecular flexibility index (Phi) is 5.02. The number of nitrogens with one attached hydrogen (secondary N) is 1. The Morgan fingerprint density at radius 3 is 2.87 bits per heavy atom. The molecule has 6 nitrogen and oxygen atoms in total. The molecule has 0 unspecified atom stereocenters. The predicted molar refractivity (Wildman–Crippen MR) is 83.8 cm³/mol. The fourth-order valence-electron chi connectivity index (χ4n) is 2.68. The van der Waals surface area contributed by atoms with Crippen molar-refractivity contribution in [2.75, 3.05) is 13.2 Å². The molecule has 2 heterocycles. The number of aromatic nitrogens is 2. The molecule has 1 aromatic heterocycles. The molecule has 3 rings (SSSR count). The summed E-state index contributed by atoms with van der Waals surface area (Å²) in [5, 5.41) is 6.85. The number of aryl methyl sites for hydroxylation is 1. The van der Waals surface area contributed by atoms with Crippen LogP contribution in [0.2, 0.25) is 0 Å². The van der Waals surface area contributed by atoms with Crippen LogP contribution in [0.1, 0.15) is 41.6 Å². The molecule has 0 radical (unpaired) electrons. The van der Waals surface area contributed by atoms with Gasteiger partial charge in [0.25, 0.3) is 0 Å². The van der Waals surface area contributed by atoms with Gasteiger partial charge in [-0.25, -0.2) is 0 Å². The minimum absolute atomic E-state index is 0.0508. The molecule has 1 N–H and O–H groups in total. The number of carbonyl (C=O) groups is 1. The Labute approximate surface area is 135 Å². The van der Waals surface area contributed by atoms with Crippen molar-refractivity contribution in [3.05, 3.63) is 47.1 Å². The average molecular weight is 315 g/mol. The van der Waals surface area contributed by atoms with Crippen LogP contribution in [0.15, 0.2) is 28.8 Å². The van der Waals surface area contributed by atoms with Gasteiger partial charge in [-0.1, -0.05) is 29.4 Å². The topological polar surface area (TPSA) is 77.2 Å². The molecule has 1 aromatic carbocycles. The zero-order chi connectivity index (χ0) is 16.1. The summed E-state index contributed by atoms with van der Waals surface area (Å²) in [6.45, 7) is 3.74. The summed E-state index contributed by atoms with van der Waals surface area (Å²) in [5.41, 5.74) is 2.14. The highest BCUT2D eigenvalue weighted by atomic mass is 16.5. The first-order chi connectivity index (χ1) is 11.2. The van der Waals surface area contributed by atoms with E-state index in [0.29, 0.717) is 18.2 Å². The maximum atomic E-state index is 12.0. The smallest absolute Gasteiger partial charge is 0.246 e. The number of benzene rings is 1. The summed E-state index contributed by atoms with van der Waals surface area (Å²) in [6, 6.07) is 7.87. The molecule has 6 heteroatoms. The lowest BCUT2D eigenvalue weighted by Crippen LogP contribution is -2.25. The zero-order valence-electron chi connectivity index (χ0n) is 13.2. The van der Waals surface area contributed by atoms with E-state index in [1.165, 1.54) is 0 Å². The van der Waals surface area contributed by atoms with Crippen molar-refractivity contribution < 1.29 is 14.1 Å². The summed E-state index contributed by atoms with van der Waals surface area (Å²) < 4.78 is 10.6. The second-order valence-corrected chi connectivity index (χ2v) is 5.81. The highest BCUT2D eigenvalue weighted by Crippen LogP contribution is 2.24. The fourth-order valence-corrected chi connectivity index (χ4v) is 2.68. The number of hydrogen-bond donors (Lipinski definition) is 1. The van der Waals surface area contributed by atoms with Gasteiger partial charge in [0.2, 0.25) is 11.8 Å². The van der Waals surface area contributed by atoms with E-state index in [2.05, 4.69) is 15.5 Å². The van der Waals surface area contributed by atoms with E-state index < -0.39 is 0 Å². The molecule has 1 aliphatic heterocycles. The quantitative estimate of drug-likeness (QED) is 0.914. The molecular weight excluding hydrogens is 294 g/mol. The summed E-state index contributed by atoms with van der Waals surface area (Å²) >= 11 is 0. The van der Waals surface area contributed by atoms with Gasteiger partial charge < -0.3 is 14.6 Å². The van der Waals surface area contributed by atoms with Crippen LogP contribution in [0.5, 0.6) is 0 Å². The third-order valence-electron chi connectivity index (χ3n) is 4.12. The van der Waals surface area contributed by atoms with Crippen molar-refractivity contribution in [3.63, 3.8) is 0 Å². The van der Waals surface area contributed by atoms with Crippen molar-refractivity contribution >= 4 is 5.91 Å². The minimum atomic E-state index is -0.0508. The molecule has 1 amide bonds. The Bertz CT molecular complexity index is 663. The maximum absolute atomic E-state index is 12.0. The maximum Gasteiger partial charge on any atom is 0.246 e. The van der Waals surface area contributed by atoms with Gasteiger partial charge in [0, 0.05) is 19.1 Å². The molecule has 0 aliphatic carbocycles. The summed E-state index contributed by atoms with van der Waals surface area (Å²) in [5.74, 6) is 1.41. The van der Waals surface area contributed by atoms with Crippen molar-refractivity contribution in [1.29, 1.82) is 0 Å². The summed E-state index contributed by atoms with van der Waals surface area (Å²) in [4.78, 5) is 16.4. The van der Waals surface area contributed by atoms with E-state index in [1.807, 2.05) is 31.2 Å². The van der Waals surface area contributed by atoms with Crippen LogP contribution in [0.3, 0.4) is 0 Å². The van der Waals surface area contributed by atoms with Crippen molar-refractivity contribution in [2.24, 2.45) is 0 Å². The third kappa shape index (κ3) is 4.16. The number of carbonyl (C=O) groups excluding carboxylic acids is 1. The molecule has 0 atom stereocenters. The largest absolute Gasteiger partial charge is 0.381 e. The molecule has 2 aromatic rings. The molecule has 0 saturated carbocycles.